The van der Waals surface area contributed by atoms with Gasteiger partial charge < -0.3 is 23.1 Å². The van der Waals surface area contributed by atoms with Crippen molar-refractivity contribution < 1.29 is 36.3 Å². The zero-order chi connectivity index (χ0) is 28.0. The lowest BCUT2D eigenvalue weighted by Crippen LogP contribution is -2.14. The van der Waals surface area contributed by atoms with E-state index in [0.717, 1.165) is 61.0 Å². The maximum atomic E-state index is 12.2. The quantitative estimate of drug-likeness (QED) is 0.0814. The lowest BCUT2D eigenvalue weighted by Gasteiger charge is -2.14. The Hall–Kier alpha value is -3.20. The third-order valence-corrected chi connectivity index (χ3v) is 7.08. The van der Waals surface area contributed by atoms with Gasteiger partial charge in [-0.3, -0.25) is 0 Å². The molecule has 0 N–H and O–H groups in total. The third-order valence-electron chi connectivity index (χ3n) is 5.86. The molecule has 0 unspecified atom stereocenters. The van der Waals surface area contributed by atoms with E-state index >= 15 is 0 Å². The monoisotopic (exact) mass is 548 g/mol. The van der Waals surface area contributed by atoms with Gasteiger partial charge in [-0.25, -0.2) is 4.79 Å². The van der Waals surface area contributed by atoms with E-state index in [1.165, 1.54) is 21.3 Å². The molecule has 0 spiro atoms. The Labute approximate surface area is 227 Å². The van der Waals surface area contributed by atoms with Gasteiger partial charge in [-0.15, -0.1) is 0 Å². The Morgan fingerprint density at radius 2 is 1.61 bits per heavy atom. The summed E-state index contributed by atoms with van der Waals surface area (Å²) in [6.45, 7) is 4.64. The maximum Gasteiger partial charge on any atom is 0.373 e. The standard InChI is InChI=1S/C29H40O8S/c1-6-8-17-36-26-20-23(21-28(34-4)29(30)35-5)13-15-24(26)12-10-11-22-14-16-25(27(19-22)33-3)37-38(31,32)18-9-7-2/h13-16,19-21H,6-12,17-18H2,1-5H3/b28-21-. The molecule has 2 aromatic carbocycles. The average Bonchev–Trinajstić information content (AvgIpc) is 2.91. The van der Waals surface area contributed by atoms with Gasteiger partial charge in [0.15, 0.2) is 11.5 Å². The molecule has 2 aromatic rings. The van der Waals surface area contributed by atoms with Crippen molar-refractivity contribution in [2.75, 3.05) is 33.7 Å². The number of hydrogen-bond donors (Lipinski definition) is 0. The SMILES string of the molecule is CCCCOc1cc(/C=C(\OC)C(=O)OC)ccc1CCCc1ccc(OS(=O)(=O)CCCC)c(OC)c1. The molecule has 0 saturated carbocycles. The minimum absolute atomic E-state index is 0.0267. The first-order valence-corrected chi connectivity index (χ1v) is 14.5. The molecule has 0 aromatic heterocycles. The summed E-state index contributed by atoms with van der Waals surface area (Å²) in [6, 6.07) is 11.1. The predicted octanol–water partition coefficient (Wildman–Crippen LogP) is 5.72. The molecule has 0 radical (unpaired) electrons. The van der Waals surface area contributed by atoms with Crippen LogP contribution < -0.4 is 13.7 Å². The summed E-state index contributed by atoms with van der Waals surface area (Å²) in [5.41, 5.74) is 2.84. The van der Waals surface area contributed by atoms with Crippen molar-refractivity contribution in [1.29, 1.82) is 0 Å². The fraction of sp³-hybridized carbons (Fsp3) is 0.483. The first kappa shape index (κ1) is 31.0. The number of carbonyl (C=O) groups excluding carboxylic acids is 1. The molecule has 0 heterocycles. The molecular formula is C29H40O8S. The molecule has 8 nitrogen and oxygen atoms in total. The molecule has 2 rings (SSSR count). The summed E-state index contributed by atoms with van der Waals surface area (Å²) in [7, 11) is 0.569. The topological polar surface area (TPSA) is 97.4 Å². The molecule has 0 aliphatic carbocycles. The lowest BCUT2D eigenvalue weighted by molar-refractivity contribution is -0.139. The van der Waals surface area contributed by atoms with Crippen LogP contribution in [-0.4, -0.2) is 48.1 Å². The third kappa shape index (κ3) is 9.93. The van der Waals surface area contributed by atoms with Crippen molar-refractivity contribution in [3.63, 3.8) is 0 Å². The fourth-order valence-corrected chi connectivity index (χ4v) is 4.84. The van der Waals surface area contributed by atoms with Gasteiger partial charge in [0.2, 0.25) is 5.76 Å². The molecule has 38 heavy (non-hydrogen) atoms. The van der Waals surface area contributed by atoms with E-state index in [-0.39, 0.29) is 17.3 Å². The molecule has 210 valence electrons. The summed E-state index contributed by atoms with van der Waals surface area (Å²) in [5, 5.41) is 0. The summed E-state index contributed by atoms with van der Waals surface area (Å²) in [5.74, 6) is 0.897. The van der Waals surface area contributed by atoms with E-state index in [2.05, 4.69) is 6.92 Å². The number of methoxy groups -OCH3 is 3. The Balaban J connectivity index is 2.14. The van der Waals surface area contributed by atoms with Crippen LogP contribution in [0.25, 0.3) is 6.08 Å². The Morgan fingerprint density at radius 3 is 2.26 bits per heavy atom. The summed E-state index contributed by atoms with van der Waals surface area (Å²) in [6.07, 6.45) is 7.26. The minimum Gasteiger partial charge on any atom is -0.493 e. The van der Waals surface area contributed by atoms with Crippen LogP contribution in [0.15, 0.2) is 42.2 Å². The molecule has 0 aliphatic heterocycles. The number of ether oxygens (including phenoxy) is 4. The molecule has 0 amide bonds. The molecular weight excluding hydrogens is 508 g/mol. The largest absolute Gasteiger partial charge is 0.493 e. The van der Waals surface area contributed by atoms with Crippen molar-refractivity contribution in [1.82, 2.24) is 0 Å². The summed E-state index contributed by atoms with van der Waals surface area (Å²) < 4.78 is 51.0. The van der Waals surface area contributed by atoms with Crippen LogP contribution in [0.1, 0.15) is 62.6 Å². The van der Waals surface area contributed by atoms with E-state index in [0.29, 0.717) is 18.8 Å². The number of rotatable bonds is 17. The predicted molar refractivity (Wildman–Crippen MR) is 148 cm³/mol. The molecule has 0 bridgehead atoms. The highest BCUT2D eigenvalue weighted by Gasteiger charge is 2.16. The second-order valence-corrected chi connectivity index (χ2v) is 10.5. The number of esters is 1. The number of hydrogen-bond acceptors (Lipinski definition) is 8. The molecule has 0 fully saturated rings. The smallest absolute Gasteiger partial charge is 0.373 e. The van der Waals surface area contributed by atoms with Gasteiger partial charge in [0.05, 0.1) is 33.7 Å². The van der Waals surface area contributed by atoms with Gasteiger partial charge in [0, 0.05) is 0 Å². The van der Waals surface area contributed by atoms with E-state index in [1.54, 1.807) is 12.1 Å². The van der Waals surface area contributed by atoms with Crippen molar-refractivity contribution in [2.45, 2.75) is 58.8 Å². The van der Waals surface area contributed by atoms with Crippen LogP contribution >= 0.6 is 0 Å². The first-order valence-electron chi connectivity index (χ1n) is 13.0. The number of benzene rings is 2. The minimum atomic E-state index is -3.66. The normalized spacial score (nSPS) is 11.7. The number of unbranched alkanes of at least 4 members (excludes halogenated alkanes) is 2. The summed E-state index contributed by atoms with van der Waals surface area (Å²) in [4.78, 5) is 11.9. The van der Waals surface area contributed by atoms with E-state index in [4.69, 9.17) is 23.1 Å². The highest BCUT2D eigenvalue weighted by molar-refractivity contribution is 7.87. The Bertz CT molecular complexity index is 1170. The van der Waals surface area contributed by atoms with Gasteiger partial charge in [-0.05, 0) is 73.1 Å². The van der Waals surface area contributed by atoms with Crippen molar-refractivity contribution in [2.24, 2.45) is 0 Å². The second kappa shape index (κ2) is 15.9. The molecule has 0 saturated heterocycles. The van der Waals surface area contributed by atoms with Gasteiger partial charge in [0.25, 0.3) is 0 Å². The van der Waals surface area contributed by atoms with Crippen LogP contribution in [-0.2, 0) is 37.2 Å². The summed E-state index contributed by atoms with van der Waals surface area (Å²) >= 11 is 0. The second-order valence-electron chi connectivity index (χ2n) is 8.81. The van der Waals surface area contributed by atoms with Crippen molar-refractivity contribution in [3.8, 4) is 17.2 Å². The Morgan fingerprint density at radius 1 is 0.842 bits per heavy atom. The number of carbonyl (C=O) groups is 1. The van der Waals surface area contributed by atoms with Gasteiger partial charge in [0.1, 0.15) is 5.75 Å². The fourth-order valence-electron chi connectivity index (χ4n) is 3.70. The van der Waals surface area contributed by atoms with Crippen LogP contribution in [0.4, 0.5) is 0 Å². The van der Waals surface area contributed by atoms with Gasteiger partial charge in [-0.1, -0.05) is 44.9 Å². The number of aryl methyl sites for hydroxylation is 2. The van der Waals surface area contributed by atoms with Crippen LogP contribution in [0.5, 0.6) is 17.2 Å². The zero-order valence-corrected chi connectivity index (χ0v) is 23.9. The zero-order valence-electron chi connectivity index (χ0n) is 23.1. The van der Waals surface area contributed by atoms with Crippen LogP contribution in [0.3, 0.4) is 0 Å². The lowest BCUT2D eigenvalue weighted by atomic mass is 10.0. The molecule has 0 aliphatic rings. The van der Waals surface area contributed by atoms with Crippen LogP contribution in [0.2, 0.25) is 0 Å². The Kier molecular flexibility index (Phi) is 13.0. The first-order chi connectivity index (χ1) is 18.3. The highest BCUT2D eigenvalue weighted by atomic mass is 32.2. The van der Waals surface area contributed by atoms with Gasteiger partial charge in [-0.2, -0.15) is 8.42 Å². The van der Waals surface area contributed by atoms with E-state index < -0.39 is 16.1 Å². The van der Waals surface area contributed by atoms with Gasteiger partial charge >= 0.3 is 16.1 Å². The highest BCUT2D eigenvalue weighted by Crippen LogP contribution is 2.31. The van der Waals surface area contributed by atoms with Crippen molar-refractivity contribution >= 4 is 22.2 Å². The maximum absolute atomic E-state index is 12.2. The van der Waals surface area contributed by atoms with E-state index in [1.807, 2.05) is 37.3 Å². The molecule has 0 atom stereocenters. The van der Waals surface area contributed by atoms with Crippen LogP contribution in [0, 0.1) is 0 Å². The molecule has 9 heteroatoms. The average molecular weight is 549 g/mol. The van der Waals surface area contributed by atoms with Crippen molar-refractivity contribution in [3.05, 3.63) is 58.8 Å². The van der Waals surface area contributed by atoms with E-state index in [9.17, 15) is 13.2 Å².